The van der Waals surface area contributed by atoms with Crippen LogP contribution in [0.2, 0.25) is 0 Å². The number of thioether (sulfide) groups is 1. The van der Waals surface area contributed by atoms with E-state index in [-0.39, 0.29) is 0 Å². The zero-order valence-corrected chi connectivity index (χ0v) is 7.33. The van der Waals surface area contributed by atoms with E-state index in [9.17, 15) is 0 Å². The topological polar surface area (TPSA) is 20.2 Å². The maximum absolute atomic E-state index is 9.10. The highest BCUT2D eigenvalue weighted by Gasteiger charge is 2.04. The molecular weight excluding hydrogens is 144 g/mol. The molecule has 0 saturated carbocycles. The van der Waals surface area contributed by atoms with Crippen LogP contribution in [0, 0.1) is 11.8 Å². The van der Waals surface area contributed by atoms with Gasteiger partial charge in [0.15, 0.2) is 0 Å². The largest absolute Gasteiger partial charge is 0.378 e. The van der Waals surface area contributed by atoms with E-state index in [1.807, 2.05) is 11.7 Å². The minimum atomic E-state index is -0.872. The summed E-state index contributed by atoms with van der Waals surface area (Å²) in [7, 11) is 0. The molecule has 0 atom stereocenters. The summed E-state index contributed by atoms with van der Waals surface area (Å²) >= 11 is 1.59. The molecule has 0 amide bonds. The number of aliphatic hydroxyl groups is 1. The van der Waals surface area contributed by atoms with E-state index in [0.717, 1.165) is 0 Å². The Morgan fingerprint density at radius 1 is 1.50 bits per heavy atom. The van der Waals surface area contributed by atoms with Gasteiger partial charge in [-0.05, 0) is 31.6 Å². The minimum absolute atomic E-state index is 0.872. The Morgan fingerprint density at radius 3 is 2.50 bits per heavy atom. The van der Waals surface area contributed by atoms with E-state index in [0.29, 0.717) is 0 Å². The molecular formula is C8H12OS. The first kappa shape index (κ1) is 9.61. The zero-order valence-electron chi connectivity index (χ0n) is 6.51. The Hall–Kier alpha value is -0.390. The van der Waals surface area contributed by atoms with Gasteiger partial charge in [-0.1, -0.05) is 11.8 Å². The van der Waals surface area contributed by atoms with Crippen molar-refractivity contribution in [3.05, 3.63) is 11.5 Å². The predicted octanol–water partition coefficient (Wildman–Crippen LogP) is 1.64. The van der Waals surface area contributed by atoms with Crippen molar-refractivity contribution < 1.29 is 5.11 Å². The molecule has 0 bridgehead atoms. The summed E-state index contributed by atoms with van der Waals surface area (Å²) in [5, 5.41) is 11.0. The summed E-state index contributed by atoms with van der Waals surface area (Å²) < 4.78 is 0. The number of hydrogen-bond acceptors (Lipinski definition) is 2. The van der Waals surface area contributed by atoms with Gasteiger partial charge in [-0.2, -0.15) is 0 Å². The van der Waals surface area contributed by atoms with Gasteiger partial charge in [0.1, 0.15) is 5.60 Å². The molecule has 1 nitrogen and oxygen atoms in total. The molecule has 0 aliphatic rings. The van der Waals surface area contributed by atoms with E-state index >= 15 is 0 Å². The lowest BCUT2D eigenvalue weighted by Gasteiger charge is -2.04. The van der Waals surface area contributed by atoms with Crippen LogP contribution < -0.4 is 0 Å². The standard InChI is InChI=1S/C8H12OS/c1-8(2,9)6-4-5-7-10-3/h5,7,9H,1-3H3/b7-5+. The van der Waals surface area contributed by atoms with Gasteiger partial charge in [0.25, 0.3) is 0 Å². The van der Waals surface area contributed by atoms with E-state index in [4.69, 9.17) is 5.11 Å². The van der Waals surface area contributed by atoms with E-state index in [1.165, 1.54) is 0 Å². The van der Waals surface area contributed by atoms with Crippen molar-refractivity contribution in [2.75, 3.05) is 6.26 Å². The average molecular weight is 156 g/mol. The number of allylic oxidation sites excluding steroid dienone is 1. The van der Waals surface area contributed by atoms with E-state index in [1.54, 1.807) is 31.7 Å². The van der Waals surface area contributed by atoms with Crippen molar-refractivity contribution in [1.29, 1.82) is 0 Å². The van der Waals surface area contributed by atoms with Crippen molar-refractivity contribution in [3.63, 3.8) is 0 Å². The second-order valence-corrected chi connectivity index (χ2v) is 3.11. The maximum Gasteiger partial charge on any atom is 0.120 e. The van der Waals surface area contributed by atoms with Crippen LogP contribution in [0.15, 0.2) is 11.5 Å². The van der Waals surface area contributed by atoms with Crippen LogP contribution in [0.25, 0.3) is 0 Å². The highest BCUT2D eigenvalue weighted by molar-refractivity contribution is 8.01. The Bertz CT molecular complexity index is 166. The molecule has 0 aliphatic carbocycles. The van der Waals surface area contributed by atoms with Crippen LogP contribution in [0.3, 0.4) is 0 Å². The highest BCUT2D eigenvalue weighted by atomic mass is 32.2. The highest BCUT2D eigenvalue weighted by Crippen LogP contribution is 1.97. The number of hydrogen-bond donors (Lipinski definition) is 1. The van der Waals surface area contributed by atoms with Crippen molar-refractivity contribution >= 4 is 11.8 Å². The van der Waals surface area contributed by atoms with Gasteiger partial charge < -0.3 is 5.11 Å². The smallest absolute Gasteiger partial charge is 0.120 e. The van der Waals surface area contributed by atoms with E-state index in [2.05, 4.69) is 11.8 Å². The van der Waals surface area contributed by atoms with Gasteiger partial charge in [0.05, 0.1) is 0 Å². The lowest BCUT2D eigenvalue weighted by atomic mass is 10.1. The molecule has 0 aromatic heterocycles. The summed E-state index contributed by atoms with van der Waals surface area (Å²) in [6.45, 7) is 3.32. The van der Waals surface area contributed by atoms with Crippen molar-refractivity contribution in [2.45, 2.75) is 19.4 Å². The fourth-order valence-corrected chi connectivity index (χ4v) is 0.524. The first-order valence-corrected chi connectivity index (χ1v) is 4.28. The Labute approximate surface area is 66.5 Å². The Balaban J connectivity index is 3.81. The van der Waals surface area contributed by atoms with Gasteiger partial charge in [0.2, 0.25) is 0 Å². The maximum atomic E-state index is 9.10. The van der Waals surface area contributed by atoms with Crippen LogP contribution in [0.5, 0.6) is 0 Å². The monoisotopic (exact) mass is 156 g/mol. The fraction of sp³-hybridized carbons (Fsp3) is 0.500. The molecule has 0 radical (unpaired) electrons. The summed E-state index contributed by atoms with van der Waals surface area (Å²) in [4.78, 5) is 0. The predicted molar refractivity (Wildman–Crippen MR) is 46.7 cm³/mol. The van der Waals surface area contributed by atoms with E-state index < -0.39 is 5.60 Å². The molecule has 0 aromatic rings. The summed E-state index contributed by atoms with van der Waals surface area (Å²) in [5.74, 6) is 5.39. The molecule has 2 heteroatoms. The van der Waals surface area contributed by atoms with Gasteiger partial charge in [0, 0.05) is 0 Å². The molecule has 0 heterocycles. The molecule has 10 heavy (non-hydrogen) atoms. The Kier molecular flexibility index (Phi) is 4.26. The quantitative estimate of drug-likeness (QED) is 0.582. The summed E-state index contributed by atoms with van der Waals surface area (Å²) in [6.07, 6.45) is 3.69. The third kappa shape index (κ3) is 7.61. The first-order valence-electron chi connectivity index (χ1n) is 2.99. The molecule has 0 rings (SSSR count). The average Bonchev–Trinajstić information content (AvgIpc) is 1.78. The summed E-state index contributed by atoms with van der Waals surface area (Å²) in [5.41, 5.74) is -0.872. The molecule has 0 saturated heterocycles. The van der Waals surface area contributed by atoms with Crippen LogP contribution in [0.1, 0.15) is 13.8 Å². The molecule has 0 spiro atoms. The molecule has 0 aromatic carbocycles. The van der Waals surface area contributed by atoms with Crippen molar-refractivity contribution in [2.24, 2.45) is 0 Å². The molecule has 0 unspecified atom stereocenters. The van der Waals surface area contributed by atoms with Gasteiger partial charge >= 0.3 is 0 Å². The number of rotatable bonds is 1. The van der Waals surface area contributed by atoms with Crippen LogP contribution in [0.4, 0.5) is 0 Å². The molecule has 0 aliphatic heterocycles. The van der Waals surface area contributed by atoms with Crippen molar-refractivity contribution in [3.8, 4) is 11.8 Å². The SMILES string of the molecule is CS/C=C/C#CC(C)(C)O. The van der Waals surface area contributed by atoms with Crippen LogP contribution in [-0.4, -0.2) is 17.0 Å². The normalized spacial score (nSPS) is 11.2. The second kappa shape index (κ2) is 4.43. The third-order valence-corrected chi connectivity index (χ3v) is 1.07. The van der Waals surface area contributed by atoms with Crippen LogP contribution >= 0.6 is 11.8 Å². The molecule has 1 N–H and O–H groups in total. The fourth-order valence-electron chi connectivity index (χ4n) is 0.320. The summed E-state index contributed by atoms with van der Waals surface area (Å²) in [6, 6.07) is 0. The lowest BCUT2D eigenvalue weighted by molar-refractivity contribution is 0.143. The lowest BCUT2D eigenvalue weighted by Crippen LogP contribution is -2.14. The molecule has 56 valence electrons. The third-order valence-electron chi connectivity index (χ3n) is 0.666. The zero-order chi connectivity index (χ0) is 8.04. The van der Waals surface area contributed by atoms with Gasteiger partial charge in [-0.25, -0.2) is 0 Å². The van der Waals surface area contributed by atoms with Crippen LogP contribution in [-0.2, 0) is 0 Å². The second-order valence-electron chi connectivity index (χ2n) is 2.37. The van der Waals surface area contributed by atoms with Gasteiger partial charge in [-0.3, -0.25) is 0 Å². The first-order chi connectivity index (χ1) is 4.56. The van der Waals surface area contributed by atoms with Gasteiger partial charge in [-0.15, -0.1) is 11.8 Å². The molecule has 0 fully saturated rings. The minimum Gasteiger partial charge on any atom is -0.378 e. The van der Waals surface area contributed by atoms with Crippen molar-refractivity contribution in [1.82, 2.24) is 0 Å². The Morgan fingerprint density at radius 2 is 2.10 bits per heavy atom.